The van der Waals surface area contributed by atoms with Gasteiger partial charge in [0.25, 0.3) is 5.91 Å². The van der Waals surface area contributed by atoms with Crippen molar-refractivity contribution in [1.29, 1.82) is 0 Å². The summed E-state index contributed by atoms with van der Waals surface area (Å²) in [6, 6.07) is 2.21. The van der Waals surface area contributed by atoms with E-state index in [0.29, 0.717) is 12.5 Å². The first kappa shape index (κ1) is 22.6. The van der Waals surface area contributed by atoms with Crippen LogP contribution in [0.5, 0.6) is 5.75 Å². The van der Waals surface area contributed by atoms with Crippen LogP contribution in [0.1, 0.15) is 25.7 Å². The van der Waals surface area contributed by atoms with Crippen LogP contribution in [0.15, 0.2) is 18.2 Å². The van der Waals surface area contributed by atoms with E-state index in [1.165, 1.54) is 17.1 Å². The first-order valence-electron chi connectivity index (χ1n) is 10.2. The first-order chi connectivity index (χ1) is 14.5. The van der Waals surface area contributed by atoms with Gasteiger partial charge >= 0.3 is 6.18 Å². The SMILES string of the molecule is CN1NC(C(F)(F)F)CC1CNC12CC(C1)[C@@H](NC(=O)COc1ccc(Cl)c(F)c1)C2. The van der Waals surface area contributed by atoms with Gasteiger partial charge in [0.05, 0.1) is 5.02 Å². The molecule has 6 nitrogen and oxygen atoms in total. The van der Waals surface area contributed by atoms with Gasteiger partial charge in [0.1, 0.15) is 17.6 Å². The molecule has 31 heavy (non-hydrogen) atoms. The van der Waals surface area contributed by atoms with Gasteiger partial charge in [0.15, 0.2) is 6.61 Å². The summed E-state index contributed by atoms with van der Waals surface area (Å²) in [6.07, 6.45) is -1.76. The Balaban J connectivity index is 1.21. The second-order valence-corrected chi connectivity index (χ2v) is 9.20. The van der Waals surface area contributed by atoms with Crippen molar-refractivity contribution in [3.8, 4) is 5.75 Å². The monoisotopic (exact) mass is 464 g/mol. The van der Waals surface area contributed by atoms with E-state index < -0.39 is 18.0 Å². The van der Waals surface area contributed by atoms with Crippen molar-refractivity contribution < 1.29 is 27.1 Å². The Bertz CT molecular complexity index is 834. The number of likely N-dealkylation sites (N-methyl/N-ethyl adjacent to an activating group) is 1. The minimum atomic E-state index is -4.26. The van der Waals surface area contributed by atoms with E-state index in [0.717, 1.165) is 25.3 Å². The molecular formula is C20H25ClF4N4O2. The third-order valence-electron chi connectivity index (χ3n) is 6.62. The zero-order valence-electron chi connectivity index (χ0n) is 16.9. The number of ether oxygens (including phenoxy) is 1. The number of rotatable bonds is 7. The number of benzene rings is 1. The molecule has 3 N–H and O–H groups in total. The van der Waals surface area contributed by atoms with Gasteiger partial charge in [0, 0.05) is 37.3 Å². The molecule has 3 saturated carbocycles. The van der Waals surface area contributed by atoms with Crippen molar-refractivity contribution in [2.45, 2.75) is 55.5 Å². The van der Waals surface area contributed by atoms with Gasteiger partial charge in [-0.1, -0.05) is 11.6 Å². The lowest BCUT2D eigenvalue weighted by Gasteiger charge is -2.40. The second kappa shape index (κ2) is 8.38. The summed E-state index contributed by atoms with van der Waals surface area (Å²) in [4.78, 5) is 12.2. The summed E-state index contributed by atoms with van der Waals surface area (Å²) in [7, 11) is 1.63. The number of amides is 1. The fourth-order valence-electron chi connectivity index (χ4n) is 4.93. The Labute approximate surface area is 182 Å². The quantitative estimate of drug-likeness (QED) is 0.541. The van der Waals surface area contributed by atoms with Gasteiger partial charge < -0.3 is 15.4 Å². The number of nitrogens with zero attached hydrogens (tertiary/aromatic N) is 1. The normalized spacial score (nSPS) is 32.7. The lowest BCUT2D eigenvalue weighted by molar-refractivity contribution is -0.156. The maximum Gasteiger partial charge on any atom is 0.405 e. The zero-order valence-corrected chi connectivity index (χ0v) is 17.7. The smallest absolute Gasteiger partial charge is 0.405 e. The summed E-state index contributed by atoms with van der Waals surface area (Å²) >= 11 is 5.62. The lowest BCUT2D eigenvalue weighted by Crippen LogP contribution is -2.53. The summed E-state index contributed by atoms with van der Waals surface area (Å²) in [5.74, 6) is -0.353. The van der Waals surface area contributed by atoms with Crippen molar-refractivity contribution in [2.24, 2.45) is 5.92 Å². The molecule has 2 bridgehead atoms. The molecule has 4 aliphatic rings. The van der Waals surface area contributed by atoms with Crippen LogP contribution in [0.25, 0.3) is 0 Å². The number of fused-ring (bicyclic) bond motifs is 1. The van der Waals surface area contributed by atoms with Crippen LogP contribution in [-0.4, -0.2) is 61.0 Å². The van der Waals surface area contributed by atoms with E-state index >= 15 is 0 Å². The van der Waals surface area contributed by atoms with Gasteiger partial charge in [-0.15, -0.1) is 0 Å². The predicted octanol–water partition coefficient (Wildman–Crippen LogP) is 2.62. The average Bonchev–Trinajstić information content (AvgIpc) is 3.31. The van der Waals surface area contributed by atoms with Crippen LogP contribution >= 0.6 is 11.6 Å². The third-order valence-corrected chi connectivity index (χ3v) is 6.92. The molecule has 0 aromatic heterocycles. The number of alkyl halides is 3. The fourth-order valence-corrected chi connectivity index (χ4v) is 5.05. The molecule has 2 unspecified atom stereocenters. The van der Waals surface area contributed by atoms with E-state index in [-0.39, 0.29) is 47.3 Å². The summed E-state index contributed by atoms with van der Waals surface area (Å²) in [5, 5.41) is 7.93. The molecular weight excluding hydrogens is 440 g/mol. The predicted molar refractivity (Wildman–Crippen MR) is 106 cm³/mol. The van der Waals surface area contributed by atoms with Crippen molar-refractivity contribution in [2.75, 3.05) is 20.2 Å². The maximum absolute atomic E-state index is 13.4. The number of hydrazine groups is 1. The maximum atomic E-state index is 13.4. The Morgan fingerprint density at radius 2 is 2.10 bits per heavy atom. The fraction of sp³-hybridized carbons (Fsp3) is 0.650. The molecule has 1 heterocycles. The topological polar surface area (TPSA) is 65.6 Å². The number of halogens is 5. The van der Waals surface area contributed by atoms with Gasteiger partial charge in [-0.2, -0.15) is 13.2 Å². The molecule has 11 heteroatoms. The van der Waals surface area contributed by atoms with E-state index in [1.54, 1.807) is 7.05 Å². The number of nitrogens with one attached hydrogen (secondary N) is 3. The number of hydrogen-bond donors (Lipinski definition) is 3. The van der Waals surface area contributed by atoms with Crippen molar-refractivity contribution in [3.63, 3.8) is 0 Å². The molecule has 3 atom stereocenters. The molecule has 1 aromatic carbocycles. The summed E-state index contributed by atoms with van der Waals surface area (Å²) in [5.41, 5.74) is 2.34. The van der Waals surface area contributed by atoms with Crippen LogP contribution in [-0.2, 0) is 4.79 Å². The Hall–Kier alpha value is -1.62. The van der Waals surface area contributed by atoms with Crippen LogP contribution in [0.2, 0.25) is 5.02 Å². The molecule has 5 rings (SSSR count). The van der Waals surface area contributed by atoms with Crippen LogP contribution in [0.4, 0.5) is 17.6 Å². The molecule has 1 amide bonds. The molecule has 4 fully saturated rings. The number of hydrogen-bond acceptors (Lipinski definition) is 5. The highest BCUT2D eigenvalue weighted by Crippen LogP contribution is 2.52. The molecule has 1 saturated heterocycles. The summed E-state index contributed by atoms with van der Waals surface area (Å²) < 4.78 is 57.5. The van der Waals surface area contributed by atoms with Gasteiger partial charge in [-0.3, -0.25) is 4.79 Å². The van der Waals surface area contributed by atoms with Crippen molar-refractivity contribution in [3.05, 3.63) is 29.0 Å². The lowest BCUT2D eigenvalue weighted by atomic mass is 9.76. The highest BCUT2D eigenvalue weighted by atomic mass is 35.5. The largest absolute Gasteiger partial charge is 0.484 e. The molecule has 3 aliphatic carbocycles. The van der Waals surface area contributed by atoms with Crippen LogP contribution in [0, 0.1) is 11.7 Å². The van der Waals surface area contributed by atoms with Crippen LogP contribution < -0.4 is 20.8 Å². The first-order valence-corrected chi connectivity index (χ1v) is 10.6. The average molecular weight is 465 g/mol. The van der Waals surface area contributed by atoms with E-state index in [9.17, 15) is 22.4 Å². The van der Waals surface area contributed by atoms with Gasteiger partial charge in [-0.25, -0.2) is 14.8 Å². The minimum absolute atomic E-state index is 0.00656. The second-order valence-electron chi connectivity index (χ2n) is 8.80. The van der Waals surface area contributed by atoms with E-state index in [4.69, 9.17) is 16.3 Å². The Morgan fingerprint density at radius 3 is 2.74 bits per heavy atom. The highest BCUT2D eigenvalue weighted by Gasteiger charge is 2.56. The highest BCUT2D eigenvalue weighted by molar-refractivity contribution is 6.30. The van der Waals surface area contributed by atoms with Crippen LogP contribution in [0.3, 0.4) is 0 Å². The van der Waals surface area contributed by atoms with Gasteiger partial charge in [-0.05, 0) is 43.7 Å². The molecule has 0 spiro atoms. The minimum Gasteiger partial charge on any atom is -0.484 e. The third kappa shape index (κ3) is 4.92. The Kier molecular flexibility index (Phi) is 6.10. The van der Waals surface area contributed by atoms with Crippen molar-refractivity contribution >= 4 is 17.5 Å². The number of carbonyl (C=O) groups is 1. The van der Waals surface area contributed by atoms with E-state index in [1.807, 2.05) is 0 Å². The van der Waals surface area contributed by atoms with Crippen molar-refractivity contribution in [1.82, 2.24) is 21.1 Å². The van der Waals surface area contributed by atoms with E-state index in [2.05, 4.69) is 16.1 Å². The standard InChI is InChI=1S/C20H25ClF4N4O2/c1-29-12(4-17(28-29)20(23,24)25)9-26-19-6-11(7-19)16(8-19)27-18(30)10-31-13-2-3-14(21)15(22)5-13/h2-3,5,11-12,16-17,26,28H,4,6-10H2,1H3,(H,27,30)/t11?,12?,16-,17?,19?/m0/s1. The molecule has 1 aromatic rings. The zero-order chi connectivity index (χ0) is 22.4. The molecule has 172 valence electrons. The molecule has 0 radical (unpaired) electrons. The summed E-state index contributed by atoms with van der Waals surface area (Å²) in [6.45, 7) is 0.219. The number of carbonyl (C=O) groups excluding carboxylic acids is 1. The Morgan fingerprint density at radius 1 is 1.35 bits per heavy atom. The van der Waals surface area contributed by atoms with Gasteiger partial charge in [0.2, 0.25) is 0 Å². The molecule has 1 aliphatic heterocycles.